The number of likely N-dealkylation sites (N-methyl/N-ethyl adjacent to an activating group) is 1. The number of amides is 1. The predicted molar refractivity (Wildman–Crippen MR) is 81.4 cm³/mol. The van der Waals surface area contributed by atoms with E-state index in [2.05, 4.69) is 5.32 Å². The number of benzene rings is 2. The van der Waals surface area contributed by atoms with Gasteiger partial charge < -0.3 is 5.32 Å². The van der Waals surface area contributed by atoms with E-state index in [1.807, 2.05) is 0 Å². The first kappa shape index (κ1) is 16.0. The minimum atomic E-state index is -3.92. The Balaban J connectivity index is 2.48. The van der Waals surface area contributed by atoms with Gasteiger partial charge in [0.05, 0.1) is 10.6 Å². The van der Waals surface area contributed by atoms with E-state index in [0.717, 1.165) is 16.4 Å². The summed E-state index contributed by atoms with van der Waals surface area (Å²) in [5, 5.41) is 2.38. The maximum atomic E-state index is 13.1. The van der Waals surface area contributed by atoms with Crippen molar-refractivity contribution in [2.45, 2.75) is 4.90 Å². The smallest absolute Gasteiger partial charge is 0.264 e. The Morgan fingerprint density at radius 1 is 1.09 bits per heavy atom. The summed E-state index contributed by atoms with van der Waals surface area (Å²) in [7, 11) is -2.51. The Bertz CT molecular complexity index is 746. The van der Waals surface area contributed by atoms with Crippen LogP contribution in [0.3, 0.4) is 0 Å². The molecule has 0 aliphatic carbocycles. The van der Waals surface area contributed by atoms with Crippen LogP contribution in [-0.4, -0.2) is 27.9 Å². The zero-order valence-electron chi connectivity index (χ0n) is 11.9. The normalized spacial score (nSPS) is 11.0. The highest BCUT2D eigenvalue weighted by Gasteiger charge is 2.26. The second kappa shape index (κ2) is 6.57. The molecule has 0 fully saturated rings. The summed E-state index contributed by atoms with van der Waals surface area (Å²) in [6, 6.07) is 12.7. The molecule has 116 valence electrons. The molecule has 0 radical (unpaired) electrons. The molecule has 0 aromatic heterocycles. The van der Waals surface area contributed by atoms with Gasteiger partial charge in [-0.15, -0.1) is 0 Å². The maximum absolute atomic E-state index is 13.1. The lowest BCUT2D eigenvalue weighted by Gasteiger charge is -2.23. The number of sulfonamides is 1. The quantitative estimate of drug-likeness (QED) is 0.912. The third-order valence-corrected chi connectivity index (χ3v) is 4.80. The summed E-state index contributed by atoms with van der Waals surface area (Å²) in [6.45, 7) is -0.390. The van der Waals surface area contributed by atoms with Crippen molar-refractivity contribution < 1.29 is 17.6 Å². The Hall–Kier alpha value is -2.41. The molecular weight excluding hydrogens is 307 g/mol. The van der Waals surface area contributed by atoms with Crippen LogP contribution in [0.1, 0.15) is 0 Å². The lowest BCUT2D eigenvalue weighted by molar-refractivity contribution is -0.119. The molecule has 0 saturated carbocycles. The molecule has 2 aromatic rings. The van der Waals surface area contributed by atoms with E-state index in [0.29, 0.717) is 0 Å². The van der Waals surface area contributed by atoms with Crippen LogP contribution in [0.2, 0.25) is 0 Å². The molecule has 7 heteroatoms. The summed E-state index contributed by atoms with van der Waals surface area (Å²) >= 11 is 0. The lowest BCUT2D eigenvalue weighted by Crippen LogP contribution is -2.39. The van der Waals surface area contributed by atoms with Crippen LogP contribution >= 0.6 is 0 Å². The zero-order valence-corrected chi connectivity index (χ0v) is 12.7. The van der Waals surface area contributed by atoms with Gasteiger partial charge in [0.15, 0.2) is 0 Å². The van der Waals surface area contributed by atoms with Gasteiger partial charge in [-0.1, -0.05) is 18.2 Å². The number of hydrogen-bond donors (Lipinski definition) is 1. The molecule has 0 aliphatic heterocycles. The molecule has 2 rings (SSSR count). The van der Waals surface area contributed by atoms with Gasteiger partial charge in [0.1, 0.15) is 12.4 Å². The third kappa shape index (κ3) is 3.43. The standard InChI is InChI=1S/C15H15FN2O3S/c1-17-15(19)11-18(13-9-7-12(16)8-10-13)22(20,21)14-5-3-2-4-6-14/h2-10H,11H2,1H3,(H,17,19). The van der Waals surface area contributed by atoms with E-state index < -0.39 is 21.7 Å². The van der Waals surface area contributed by atoms with Crippen molar-refractivity contribution in [2.24, 2.45) is 0 Å². The van der Waals surface area contributed by atoms with Crippen LogP contribution in [0.5, 0.6) is 0 Å². The van der Waals surface area contributed by atoms with Crippen molar-refractivity contribution in [3.63, 3.8) is 0 Å². The van der Waals surface area contributed by atoms with E-state index in [1.165, 1.54) is 31.3 Å². The molecule has 1 amide bonds. The number of nitrogens with zero attached hydrogens (tertiary/aromatic N) is 1. The number of carbonyl (C=O) groups is 1. The highest BCUT2D eigenvalue weighted by molar-refractivity contribution is 7.92. The van der Waals surface area contributed by atoms with E-state index in [9.17, 15) is 17.6 Å². The van der Waals surface area contributed by atoms with Crippen LogP contribution in [-0.2, 0) is 14.8 Å². The number of carbonyl (C=O) groups excluding carboxylic acids is 1. The molecule has 22 heavy (non-hydrogen) atoms. The first-order valence-corrected chi connectivity index (χ1v) is 7.93. The first-order valence-electron chi connectivity index (χ1n) is 6.49. The van der Waals surface area contributed by atoms with Gasteiger partial charge >= 0.3 is 0 Å². The van der Waals surface area contributed by atoms with Crippen LogP contribution < -0.4 is 9.62 Å². The molecule has 1 N–H and O–H groups in total. The maximum Gasteiger partial charge on any atom is 0.264 e. The van der Waals surface area contributed by atoms with E-state index in [4.69, 9.17) is 0 Å². The Morgan fingerprint density at radius 2 is 1.68 bits per heavy atom. The molecule has 0 aliphatic rings. The zero-order chi connectivity index (χ0) is 16.2. The molecule has 5 nitrogen and oxygen atoms in total. The highest BCUT2D eigenvalue weighted by Crippen LogP contribution is 2.23. The van der Waals surface area contributed by atoms with Crippen molar-refractivity contribution in [1.82, 2.24) is 5.32 Å². The van der Waals surface area contributed by atoms with Crippen LogP contribution in [0.4, 0.5) is 10.1 Å². The van der Waals surface area contributed by atoms with Crippen LogP contribution in [0.25, 0.3) is 0 Å². The van der Waals surface area contributed by atoms with Gasteiger partial charge in [-0.3, -0.25) is 9.10 Å². The van der Waals surface area contributed by atoms with E-state index >= 15 is 0 Å². The Labute approximate surface area is 128 Å². The topological polar surface area (TPSA) is 66.5 Å². The highest BCUT2D eigenvalue weighted by atomic mass is 32.2. The van der Waals surface area contributed by atoms with Crippen LogP contribution in [0.15, 0.2) is 59.5 Å². The fraction of sp³-hybridized carbons (Fsp3) is 0.133. The molecule has 0 unspecified atom stereocenters. The summed E-state index contributed by atoms with van der Waals surface area (Å²) in [5.41, 5.74) is 0.217. The fourth-order valence-corrected chi connectivity index (χ4v) is 3.29. The molecule has 0 spiro atoms. The van der Waals surface area contributed by atoms with Crippen LogP contribution in [0, 0.1) is 5.82 Å². The molecule has 2 aromatic carbocycles. The Kier molecular flexibility index (Phi) is 4.77. The number of hydrogen-bond acceptors (Lipinski definition) is 3. The summed E-state index contributed by atoms with van der Waals surface area (Å²) in [5.74, 6) is -0.954. The molecule has 0 bridgehead atoms. The van der Waals surface area contributed by atoms with Gasteiger partial charge in [-0.05, 0) is 36.4 Å². The van der Waals surface area contributed by atoms with Gasteiger partial charge in [0, 0.05) is 7.05 Å². The van der Waals surface area contributed by atoms with Crippen molar-refractivity contribution in [2.75, 3.05) is 17.9 Å². The average molecular weight is 322 g/mol. The number of halogens is 1. The average Bonchev–Trinajstić information content (AvgIpc) is 2.54. The molecular formula is C15H15FN2O3S. The molecule has 0 heterocycles. The van der Waals surface area contributed by atoms with Crippen molar-refractivity contribution in [3.8, 4) is 0 Å². The number of rotatable bonds is 5. The van der Waals surface area contributed by atoms with Gasteiger partial charge in [-0.25, -0.2) is 12.8 Å². The van der Waals surface area contributed by atoms with Crippen molar-refractivity contribution in [3.05, 3.63) is 60.4 Å². The van der Waals surface area contributed by atoms with Crippen molar-refractivity contribution >= 4 is 21.6 Å². The lowest BCUT2D eigenvalue weighted by atomic mass is 10.3. The second-order valence-corrected chi connectivity index (χ2v) is 6.34. The van der Waals surface area contributed by atoms with Gasteiger partial charge in [0.25, 0.3) is 10.0 Å². The number of anilines is 1. The van der Waals surface area contributed by atoms with E-state index in [1.54, 1.807) is 18.2 Å². The summed E-state index contributed by atoms with van der Waals surface area (Å²) in [4.78, 5) is 11.7. The fourth-order valence-electron chi connectivity index (χ4n) is 1.85. The van der Waals surface area contributed by atoms with Crippen molar-refractivity contribution in [1.29, 1.82) is 0 Å². The monoisotopic (exact) mass is 322 g/mol. The Morgan fingerprint density at radius 3 is 2.23 bits per heavy atom. The van der Waals surface area contributed by atoms with E-state index in [-0.39, 0.29) is 17.1 Å². The minimum Gasteiger partial charge on any atom is -0.358 e. The summed E-state index contributed by atoms with van der Waals surface area (Å²) in [6.07, 6.45) is 0. The largest absolute Gasteiger partial charge is 0.358 e. The molecule has 0 saturated heterocycles. The first-order chi connectivity index (χ1) is 10.4. The second-order valence-electron chi connectivity index (χ2n) is 4.47. The number of nitrogens with one attached hydrogen (secondary N) is 1. The minimum absolute atomic E-state index is 0.0585. The summed E-state index contributed by atoms with van der Waals surface area (Å²) < 4.78 is 39.4. The van der Waals surface area contributed by atoms with Gasteiger partial charge in [-0.2, -0.15) is 0 Å². The SMILES string of the molecule is CNC(=O)CN(c1ccc(F)cc1)S(=O)(=O)c1ccccc1. The molecule has 0 atom stereocenters. The predicted octanol–water partition coefficient (Wildman–Crippen LogP) is 1.77. The van der Waals surface area contributed by atoms with Gasteiger partial charge in [0.2, 0.25) is 5.91 Å². The third-order valence-electron chi connectivity index (χ3n) is 3.01.